The molecule has 1 aromatic carbocycles. The van der Waals surface area contributed by atoms with E-state index in [-0.39, 0.29) is 17.7 Å². The zero-order chi connectivity index (χ0) is 13.8. The van der Waals surface area contributed by atoms with Gasteiger partial charge in [-0.25, -0.2) is 0 Å². The first kappa shape index (κ1) is 14.0. The van der Waals surface area contributed by atoms with Crippen LogP contribution in [0.2, 0.25) is 0 Å². The van der Waals surface area contributed by atoms with E-state index in [0.29, 0.717) is 19.4 Å². The van der Waals surface area contributed by atoms with E-state index in [4.69, 9.17) is 4.74 Å². The molecule has 0 heterocycles. The highest BCUT2D eigenvalue weighted by Gasteiger charge is 2.29. The molecule has 0 bridgehead atoms. The SMILES string of the molecule is CCOC(=O)C1CCC(=O)C=C1c1ccc(Br)cc1. The number of ether oxygens (including phenoxy) is 1. The highest BCUT2D eigenvalue weighted by atomic mass is 79.9. The van der Waals surface area contributed by atoms with E-state index in [1.165, 1.54) is 0 Å². The number of halogens is 1. The summed E-state index contributed by atoms with van der Waals surface area (Å²) in [4.78, 5) is 23.6. The van der Waals surface area contributed by atoms with E-state index in [0.717, 1.165) is 15.6 Å². The molecule has 3 nitrogen and oxygen atoms in total. The zero-order valence-electron chi connectivity index (χ0n) is 10.7. The normalized spacial score (nSPS) is 18.9. The minimum atomic E-state index is -0.334. The van der Waals surface area contributed by atoms with E-state index in [1.807, 2.05) is 24.3 Å². The highest BCUT2D eigenvalue weighted by molar-refractivity contribution is 9.10. The van der Waals surface area contributed by atoms with Gasteiger partial charge in [0, 0.05) is 10.9 Å². The van der Waals surface area contributed by atoms with Crippen LogP contribution < -0.4 is 0 Å². The minimum absolute atomic E-state index is 0.0680. The molecular weight excluding hydrogens is 308 g/mol. The molecule has 1 aromatic rings. The quantitative estimate of drug-likeness (QED) is 0.801. The molecule has 0 amide bonds. The van der Waals surface area contributed by atoms with Crippen LogP contribution in [0.5, 0.6) is 0 Å². The summed E-state index contributed by atoms with van der Waals surface area (Å²) in [6.07, 6.45) is 2.51. The van der Waals surface area contributed by atoms with Gasteiger partial charge in [-0.3, -0.25) is 9.59 Å². The lowest BCUT2D eigenvalue weighted by atomic mass is 9.83. The maximum absolute atomic E-state index is 12.0. The van der Waals surface area contributed by atoms with Crippen molar-refractivity contribution in [1.82, 2.24) is 0 Å². The fourth-order valence-corrected chi connectivity index (χ4v) is 2.47. The maximum Gasteiger partial charge on any atom is 0.313 e. The number of benzene rings is 1. The lowest BCUT2D eigenvalue weighted by molar-refractivity contribution is -0.146. The Bertz CT molecular complexity index is 517. The number of carbonyl (C=O) groups is 2. The molecule has 0 spiro atoms. The van der Waals surface area contributed by atoms with Gasteiger partial charge in [-0.05, 0) is 42.7 Å². The number of allylic oxidation sites excluding steroid dienone is 1. The predicted molar refractivity (Wildman–Crippen MR) is 76.5 cm³/mol. The largest absolute Gasteiger partial charge is 0.466 e. The highest BCUT2D eigenvalue weighted by Crippen LogP contribution is 2.32. The molecule has 1 unspecified atom stereocenters. The lowest BCUT2D eigenvalue weighted by Crippen LogP contribution is -2.23. The number of esters is 1. The minimum Gasteiger partial charge on any atom is -0.466 e. The lowest BCUT2D eigenvalue weighted by Gasteiger charge is -2.22. The van der Waals surface area contributed by atoms with Crippen molar-refractivity contribution < 1.29 is 14.3 Å². The van der Waals surface area contributed by atoms with E-state index < -0.39 is 0 Å². The van der Waals surface area contributed by atoms with Gasteiger partial charge in [-0.1, -0.05) is 28.1 Å². The average molecular weight is 323 g/mol. The molecule has 0 aliphatic heterocycles. The third-order valence-corrected chi connectivity index (χ3v) is 3.65. The molecule has 0 radical (unpaired) electrons. The van der Waals surface area contributed by atoms with Gasteiger partial charge < -0.3 is 4.74 Å². The molecule has 1 aliphatic rings. The summed E-state index contributed by atoms with van der Waals surface area (Å²) in [7, 11) is 0. The summed E-state index contributed by atoms with van der Waals surface area (Å²) >= 11 is 3.37. The molecule has 0 saturated carbocycles. The second-order valence-electron chi connectivity index (χ2n) is 4.42. The van der Waals surface area contributed by atoms with Crippen molar-refractivity contribution in [2.24, 2.45) is 5.92 Å². The van der Waals surface area contributed by atoms with Crippen molar-refractivity contribution in [1.29, 1.82) is 0 Å². The van der Waals surface area contributed by atoms with Crippen molar-refractivity contribution in [2.75, 3.05) is 6.61 Å². The molecule has 1 aliphatic carbocycles. The molecule has 100 valence electrons. The molecule has 4 heteroatoms. The van der Waals surface area contributed by atoms with Crippen LogP contribution in [0.25, 0.3) is 5.57 Å². The van der Waals surface area contributed by atoms with Crippen LogP contribution in [0.15, 0.2) is 34.8 Å². The van der Waals surface area contributed by atoms with E-state index in [2.05, 4.69) is 15.9 Å². The predicted octanol–water partition coefficient (Wildman–Crippen LogP) is 3.37. The Labute approximate surface area is 120 Å². The first-order valence-electron chi connectivity index (χ1n) is 6.29. The van der Waals surface area contributed by atoms with Crippen LogP contribution in [0, 0.1) is 5.92 Å². The maximum atomic E-state index is 12.0. The second-order valence-corrected chi connectivity index (χ2v) is 5.33. The summed E-state index contributed by atoms with van der Waals surface area (Å²) in [5, 5.41) is 0. The van der Waals surface area contributed by atoms with Crippen LogP contribution in [-0.2, 0) is 14.3 Å². The number of hydrogen-bond donors (Lipinski definition) is 0. The van der Waals surface area contributed by atoms with Crippen LogP contribution >= 0.6 is 15.9 Å². The summed E-state index contributed by atoms with van der Waals surface area (Å²) < 4.78 is 6.06. The Hall–Kier alpha value is -1.42. The number of rotatable bonds is 3. The van der Waals surface area contributed by atoms with Crippen molar-refractivity contribution in [3.8, 4) is 0 Å². The van der Waals surface area contributed by atoms with Crippen molar-refractivity contribution >= 4 is 33.3 Å². The van der Waals surface area contributed by atoms with Crippen LogP contribution in [0.1, 0.15) is 25.3 Å². The third kappa shape index (κ3) is 3.32. The molecule has 2 rings (SSSR count). The summed E-state index contributed by atoms with van der Waals surface area (Å²) in [5.74, 6) is -0.513. The molecule has 19 heavy (non-hydrogen) atoms. The van der Waals surface area contributed by atoms with Crippen molar-refractivity contribution in [3.63, 3.8) is 0 Å². The summed E-state index contributed by atoms with van der Waals surface area (Å²) in [6.45, 7) is 2.14. The topological polar surface area (TPSA) is 43.4 Å². The molecular formula is C15H15BrO3. The van der Waals surface area contributed by atoms with Gasteiger partial charge in [-0.15, -0.1) is 0 Å². The van der Waals surface area contributed by atoms with Crippen molar-refractivity contribution in [3.05, 3.63) is 40.4 Å². The summed E-state index contributed by atoms with van der Waals surface area (Å²) in [6, 6.07) is 7.61. The van der Waals surface area contributed by atoms with Gasteiger partial charge in [0.2, 0.25) is 0 Å². The fraction of sp³-hybridized carbons (Fsp3) is 0.333. The molecule has 0 N–H and O–H groups in total. The first-order chi connectivity index (χ1) is 9.11. The third-order valence-electron chi connectivity index (χ3n) is 3.12. The van der Waals surface area contributed by atoms with Crippen molar-refractivity contribution in [2.45, 2.75) is 19.8 Å². The van der Waals surface area contributed by atoms with Crippen LogP contribution in [0.4, 0.5) is 0 Å². The monoisotopic (exact) mass is 322 g/mol. The Morgan fingerprint density at radius 2 is 2.05 bits per heavy atom. The second kappa shape index (κ2) is 6.15. The summed E-state index contributed by atoms with van der Waals surface area (Å²) in [5.41, 5.74) is 1.66. The molecule has 0 aromatic heterocycles. The standard InChI is InChI=1S/C15H15BrO3/c1-2-19-15(18)13-8-7-12(17)9-14(13)10-3-5-11(16)6-4-10/h3-6,9,13H,2,7-8H2,1H3. The molecule has 0 saturated heterocycles. The van der Waals surface area contributed by atoms with Gasteiger partial charge in [0.25, 0.3) is 0 Å². The fourth-order valence-electron chi connectivity index (χ4n) is 2.20. The zero-order valence-corrected chi connectivity index (χ0v) is 12.3. The van der Waals surface area contributed by atoms with Crippen LogP contribution in [0.3, 0.4) is 0 Å². The van der Waals surface area contributed by atoms with Crippen LogP contribution in [-0.4, -0.2) is 18.4 Å². The Kier molecular flexibility index (Phi) is 4.53. The number of carbonyl (C=O) groups excluding carboxylic acids is 2. The van der Waals surface area contributed by atoms with Gasteiger partial charge in [-0.2, -0.15) is 0 Å². The van der Waals surface area contributed by atoms with Gasteiger partial charge in [0.05, 0.1) is 12.5 Å². The Balaban J connectivity index is 2.34. The molecule has 0 fully saturated rings. The Morgan fingerprint density at radius 1 is 1.37 bits per heavy atom. The first-order valence-corrected chi connectivity index (χ1v) is 7.08. The van der Waals surface area contributed by atoms with E-state index in [9.17, 15) is 9.59 Å². The molecule has 1 atom stereocenters. The Morgan fingerprint density at radius 3 is 2.68 bits per heavy atom. The van der Waals surface area contributed by atoms with E-state index in [1.54, 1.807) is 13.0 Å². The van der Waals surface area contributed by atoms with E-state index >= 15 is 0 Å². The van der Waals surface area contributed by atoms with Gasteiger partial charge >= 0.3 is 5.97 Å². The number of hydrogen-bond acceptors (Lipinski definition) is 3. The average Bonchev–Trinajstić information content (AvgIpc) is 2.39. The smallest absolute Gasteiger partial charge is 0.313 e. The van der Waals surface area contributed by atoms with Gasteiger partial charge in [0.1, 0.15) is 0 Å². The van der Waals surface area contributed by atoms with Gasteiger partial charge in [0.15, 0.2) is 5.78 Å². The number of ketones is 1.